The lowest BCUT2D eigenvalue weighted by atomic mass is 9.95. The van der Waals surface area contributed by atoms with E-state index in [1.807, 2.05) is 0 Å². The lowest BCUT2D eigenvalue weighted by Gasteiger charge is -2.34. The Morgan fingerprint density at radius 3 is 2.57 bits per heavy atom. The first-order chi connectivity index (χ1) is 10.3. The number of benzene rings is 1. The third-order valence-electron chi connectivity index (χ3n) is 4.81. The summed E-state index contributed by atoms with van der Waals surface area (Å²) in [5.74, 6) is 0.882. The van der Waals surface area contributed by atoms with Crippen LogP contribution in [-0.4, -0.2) is 19.6 Å². The fourth-order valence-electron chi connectivity index (χ4n) is 3.37. The van der Waals surface area contributed by atoms with Crippen molar-refractivity contribution in [1.29, 1.82) is 0 Å². The van der Waals surface area contributed by atoms with Crippen molar-refractivity contribution in [2.45, 2.75) is 58.9 Å². The summed E-state index contributed by atoms with van der Waals surface area (Å²) in [5, 5.41) is 3.64. The van der Waals surface area contributed by atoms with Gasteiger partial charge < -0.3 is 10.2 Å². The minimum Gasteiger partial charge on any atom is -0.371 e. The van der Waals surface area contributed by atoms with Gasteiger partial charge in [-0.25, -0.2) is 0 Å². The average Bonchev–Trinajstić information content (AvgIpc) is 2.56. The van der Waals surface area contributed by atoms with Crippen LogP contribution < -0.4 is 10.2 Å². The lowest BCUT2D eigenvalue weighted by Crippen LogP contribution is -2.35. The molecule has 2 nitrogen and oxygen atoms in total. The Morgan fingerprint density at radius 2 is 1.95 bits per heavy atom. The molecule has 0 spiro atoms. The number of anilines is 1. The van der Waals surface area contributed by atoms with Gasteiger partial charge >= 0.3 is 0 Å². The molecule has 0 aliphatic carbocycles. The van der Waals surface area contributed by atoms with E-state index in [9.17, 15) is 0 Å². The monoisotopic (exact) mass is 288 g/mol. The third-order valence-corrected chi connectivity index (χ3v) is 4.81. The van der Waals surface area contributed by atoms with E-state index in [1.54, 1.807) is 0 Å². The van der Waals surface area contributed by atoms with Crippen LogP contribution in [0.4, 0.5) is 5.69 Å². The molecule has 21 heavy (non-hydrogen) atoms. The quantitative estimate of drug-likeness (QED) is 0.778. The number of rotatable bonds is 7. The number of piperidine rings is 1. The van der Waals surface area contributed by atoms with Crippen molar-refractivity contribution in [2.24, 2.45) is 5.92 Å². The molecule has 0 amide bonds. The second kappa shape index (κ2) is 8.43. The zero-order valence-electron chi connectivity index (χ0n) is 14.1. The molecule has 2 unspecified atom stereocenters. The van der Waals surface area contributed by atoms with Crippen molar-refractivity contribution in [1.82, 2.24) is 5.32 Å². The van der Waals surface area contributed by atoms with E-state index in [2.05, 4.69) is 55.3 Å². The summed E-state index contributed by atoms with van der Waals surface area (Å²) in [4.78, 5) is 2.57. The van der Waals surface area contributed by atoms with Gasteiger partial charge in [-0.1, -0.05) is 39.3 Å². The van der Waals surface area contributed by atoms with Gasteiger partial charge in [0.2, 0.25) is 0 Å². The van der Waals surface area contributed by atoms with E-state index in [1.165, 1.54) is 50.0 Å². The SMILES string of the molecule is CCCNC(CC)c1ccc(N2CCCC(CC)C2)cc1. The van der Waals surface area contributed by atoms with Crippen LogP contribution in [0.1, 0.15) is 64.5 Å². The van der Waals surface area contributed by atoms with E-state index >= 15 is 0 Å². The Hall–Kier alpha value is -1.02. The van der Waals surface area contributed by atoms with Crippen LogP contribution >= 0.6 is 0 Å². The van der Waals surface area contributed by atoms with Gasteiger partial charge in [0.25, 0.3) is 0 Å². The highest BCUT2D eigenvalue weighted by molar-refractivity contribution is 5.48. The molecule has 2 atom stereocenters. The predicted octanol–water partition coefficient (Wildman–Crippen LogP) is 4.76. The first-order valence-corrected chi connectivity index (χ1v) is 8.86. The molecule has 1 aliphatic rings. The van der Waals surface area contributed by atoms with Crippen LogP contribution in [-0.2, 0) is 0 Å². The maximum atomic E-state index is 3.64. The summed E-state index contributed by atoms with van der Waals surface area (Å²) >= 11 is 0. The molecular weight excluding hydrogens is 256 g/mol. The molecule has 1 heterocycles. The van der Waals surface area contributed by atoms with Crippen LogP contribution in [0, 0.1) is 5.92 Å². The van der Waals surface area contributed by atoms with E-state index in [0.717, 1.165) is 18.9 Å². The fourth-order valence-corrected chi connectivity index (χ4v) is 3.37. The highest BCUT2D eigenvalue weighted by Crippen LogP contribution is 2.26. The number of hydrogen-bond acceptors (Lipinski definition) is 2. The van der Waals surface area contributed by atoms with Gasteiger partial charge in [0.15, 0.2) is 0 Å². The Labute approximate surface area is 130 Å². The summed E-state index contributed by atoms with van der Waals surface area (Å²) in [6, 6.07) is 9.79. The summed E-state index contributed by atoms with van der Waals surface area (Å²) < 4.78 is 0. The molecule has 1 aromatic carbocycles. The largest absolute Gasteiger partial charge is 0.371 e. The Balaban J connectivity index is 2.00. The second-order valence-corrected chi connectivity index (χ2v) is 6.37. The maximum Gasteiger partial charge on any atom is 0.0366 e. The minimum atomic E-state index is 0.503. The summed E-state index contributed by atoms with van der Waals surface area (Å²) in [7, 11) is 0. The Kier molecular flexibility index (Phi) is 6.56. The summed E-state index contributed by atoms with van der Waals surface area (Å²) in [6.45, 7) is 10.4. The molecule has 0 saturated carbocycles. The smallest absolute Gasteiger partial charge is 0.0366 e. The van der Waals surface area contributed by atoms with Crippen LogP contribution in [0.25, 0.3) is 0 Å². The molecule has 0 radical (unpaired) electrons. The van der Waals surface area contributed by atoms with Crippen LogP contribution in [0.3, 0.4) is 0 Å². The van der Waals surface area contributed by atoms with Crippen molar-refractivity contribution in [3.8, 4) is 0 Å². The van der Waals surface area contributed by atoms with Crippen LogP contribution in [0.2, 0.25) is 0 Å². The molecule has 2 rings (SSSR count). The maximum absolute atomic E-state index is 3.64. The topological polar surface area (TPSA) is 15.3 Å². The van der Waals surface area contributed by atoms with Gasteiger partial charge in [0.05, 0.1) is 0 Å². The van der Waals surface area contributed by atoms with Crippen molar-refractivity contribution >= 4 is 5.69 Å². The van der Waals surface area contributed by atoms with Crippen molar-refractivity contribution in [2.75, 3.05) is 24.5 Å². The molecule has 1 aromatic rings. The Morgan fingerprint density at radius 1 is 1.19 bits per heavy atom. The number of hydrogen-bond donors (Lipinski definition) is 1. The Bertz CT molecular complexity index is 399. The van der Waals surface area contributed by atoms with E-state index in [4.69, 9.17) is 0 Å². The van der Waals surface area contributed by atoms with Gasteiger partial charge in [-0.2, -0.15) is 0 Å². The van der Waals surface area contributed by atoms with Crippen molar-refractivity contribution < 1.29 is 0 Å². The number of nitrogens with zero attached hydrogens (tertiary/aromatic N) is 1. The lowest BCUT2D eigenvalue weighted by molar-refractivity contribution is 0.404. The minimum absolute atomic E-state index is 0.503. The second-order valence-electron chi connectivity index (χ2n) is 6.37. The third kappa shape index (κ3) is 4.47. The van der Waals surface area contributed by atoms with Crippen molar-refractivity contribution in [3.63, 3.8) is 0 Å². The van der Waals surface area contributed by atoms with Gasteiger partial charge in [-0.05, 0) is 55.8 Å². The van der Waals surface area contributed by atoms with Gasteiger partial charge in [-0.15, -0.1) is 0 Å². The molecule has 1 N–H and O–H groups in total. The zero-order chi connectivity index (χ0) is 15.1. The van der Waals surface area contributed by atoms with Gasteiger partial charge in [0.1, 0.15) is 0 Å². The van der Waals surface area contributed by atoms with Gasteiger partial charge in [-0.3, -0.25) is 0 Å². The van der Waals surface area contributed by atoms with Gasteiger partial charge in [0, 0.05) is 24.8 Å². The highest BCUT2D eigenvalue weighted by Gasteiger charge is 2.18. The fraction of sp³-hybridized carbons (Fsp3) is 0.684. The molecule has 0 bridgehead atoms. The molecule has 118 valence electrons. The molecule has 1 aliphatic heterocycles. The predicted molar refractivity (Wildman–Crippen MR) is 93.0 cm³/mol. The first-order valence-electron chi connectivity index (χ1n) is 8.86. The van der Waals surface area contributed by atoms with Crippen LogP contribution in [0.15, 0.2) is 24.3 Å². The zero-order valence-corrected chi connectivity index (χ0v) is 14.1. The van der Waals surface area contributed by atoms with E-state index in [-0.39, 0.29) is 0 Å². The number of nitrogens with one attached hydrogen (secondary N) is 1. The standard InChI is InChI=1S/C19H32N2/c1-4-13-20-19(6-3)17-9-11-18(12-10-17)21-14-7-8-16(5-2)15-21/h9-12,16,19-20H,4-8,13-15H2,1-3H3. The van der Waals surface area contributed by atoms with Crippen molar-refractivity contribution in [3.05, 3.63) is 29.8 Å². The summed E-state index contributed by atoms with van der Waals surface area (Å²) in [5.41, 5.74) is 2.83. The normalized spacial score (nSPS) is 20.5. The van der Waals surface area contributed by atoms with Crippen LogP contribution in [0.5, 0.6) is 0 Å². The van der Waals surface area contributed by atoms with E-state index in [0.29, 0.717) is 6.04 Å². The molecule has 2 heteroatoms. The molecular formula is C19H32N2. The molecule has 0 aromatic heterocycles. The first kappa shape index (κ1) is 16.4. The average molecular weight is 288 g/mol. The highest BCUT2D eigenvalue weighted by atomic mass is 15.1. The molecule has 1 fully saturated rings. The summed E-state index contributed by atoms with van der Waals surface area (Å²) in [6.07, 6.45) is 6.41. The van der Waals surface area contributed by atoms with E-state index < -0.39 is 0 Å². The molecule has 1 saturated heterocycles.